The summed E-state index contributed by atoms with van der Waals surface area (Å²) in [5, 5.41) is 0. The molecule has 1 saturated heterocycles. The van der Waals surface area contributed by atoms with Crippen molar-refractivity contribution in [3.05, 3.63) is 46.3 Å². The van der Waals surface area contributed by atoms with Gasteiger partial charge in [-0.05, 0) is 17.5 Å². The van der Waals surface area contributed by atoms with Crippen LogP contribution in [-0.4, -0.2) is 10.2 Å². The maximum atomic E-state index is 5.92. The molecule has 3 nitrogen and oxygen atoms in total. The SMILES string of the molecule is ClC1=CC2(OO2)N(Cc2ccccc2)S1. The third-order valence-corrected chi connectivity index (χ3v) is 3.48. The van der Waals surface area contributed by atoms with Crippen molar-refractivity contribution in [2.75, 3.05) is 0 Å². The maximum Gasteiger partial charge on any atom is 0.321 e. The highest BCUT2D eigenvalue weighted by molar-refractivity contribution is 8.02. The van der Waals surface area contributed by atoms with Crippen LogP contribution in [-0.2, 0) is 16.3 Å². The predicted molar refractivity (Wildman–Crippen MR) is 58.4 cm³/mol. The van der Waals surface area contributed by atoms with Crippen LogP contribution < -0.4 is 0 Å². The molecule has 15 heavy (non-hydrogen) atoms. The van der Waals surface area contributed by atoms with E-state index < -0.39 is 5.91 Å². The summed E-state index contributed by atoms with van der Waals surface area (Å²) in [5.41, 5.74) is 1.20. The van der Waals surface area contributed by atoms with E-state index in [1.807, 2.05) is 22.5 Å². The lowest BCUT2D eigenvalue weighted by molar-refractivity contribution is 0.0850. The first-order chi connectivity index (χ1) is 7.28. The van der Waals surface area contributed by atoms with Gasteiger partial charge in [0.1, 0.15) is 0 Å². The normalized spacial score (nSPS) is 23.1. The van der Waals surface area contributed by atoms with E-state index >= 15 is 0 Å². The van der Waals surface area contributed by atoms with E-state index in [1.165, 1.54) is 17.5 Å². The Kier molecular flexibility index (Phi) is 2.26. The molecule has 0 bridgehead atoms. The van der Waals surface area contributed by atoms with Crippen molar-refractivity contribution in [1.82, 2.24) is 4.31 Å². The number of nitrogens with zero attached hydrogens (tertiary/aromatic N) is 1. The van der Waals surface area contributed by atoms with Gasteiger partial charge in [0.05, 0.1) is 4.36 Å². The van der Waals surface area contributed by atoms with Gasteiger partial charge in [-0.25, -0.2) is 0 Å². The van der Waals surface area contributed by atoms with Gasteiger partial charge in [0.15, 0.2) is 0 Å². The molecule has 5 heteroatoms. The van der Waals surface area contributed by atoms with E-state index in [-0.39, 0.29) is 0 Å². The van der Waals surface area contributed by atoms with Crippen molar-refractivity contribution in [2.45, 2.75) is 12.5 Å². The lowest BCUT2D eigenvalue weighted by Crippen LogP contribution is -2.26. The topological polar surface area (TPSA) is 28.3 Å². The Morgan fingerprint density at radius 1 is 1.27 bits per heavy atom. The summed E-state index contributed by atoms with van der Waals surface area (Å²) in [7, 11) is 0. The molecule has 0 atom stereocenters. The highest BCUT2D eigenvalue weighted by Gasteiger charge is 2.57. The minimum atomic E-state index is -0.711. The van der Waals surface area contributed by atoms with Crippen LogP contribution in [0.1, 0.15) is 5.56 Å². The van der Waals surface area contributed by atoms with Crippen molar-refractivity contribution in [2.24, 2.45) is 0 Å². The fraction of sp³-hybridized carbons (Fsp3) is 0.200. The Labute approximate surface area is 96.7 Å². The van der Waals surface area contributed by atoms with Crippen LogP contribution >= 0.6 is 23.5 Å². The zero-order valence-electron chi connectivity index (χ0n) is 7.72. The van der Waals surface area contributed by atoms with Crippen LogP contribution in [0.15, 0.2) is 40.8 Å². The minimum absolute atomic E-state index is 0.684. The standard InChI is InChI=1S/C10H8ClNO2S/c11-9-6-10(13-14-10)12(15-9)7-8-4-2-1-3-5-8/h1-6H,7H2. The van der Waals surface area contributed by atoms with Gasteiger partial charge in [0.2, 0.25) is 0 Å². The van der Waals surface area contributed by atoms with Crippen molar-refractivity contribution in [3.63, 3.8) is 0 Å². The molecule has 2 aliphatic rings. The van der Waals surface area contributed by atoms with E-state index in [0.29, 0.717) is 4.36 Å². The third kappa shape index (κ3) is 1.79. The zero-order chi connectivity index (χ0) is 10.3. The summed E-state index contributed by atoms with van der Waals surface area (Å²) in [6, 6.07) is 10.1. The highest BCUT2D eigenvalue weighted by atomic mass is 35.5. The number of benzene rings is 1. The molecule has 0 unspecified atom stereocenters. The molecule has 0 aliphatic carbocycles. The van der Waals surface area contributed by atoms with E-state index in [9.17, 15) is 0 Å². The van der Waals surface area contributed by atoms with Crippen molar-refractivity contribution in [1.29, 1.82) is 0 Å². The second-order valence-electron chi connectivity index (χ2n) is 3.36. The molecule has 3 rings (SSSR count). The van der Waals surface area contributed by atoms with Crippen molar-refractivity contribution in [3.8, 4) is 0 Å². The van der Waals surface area contributed by atoms with E-state index in [4.69, 9.17) is 21.4 Å². The van der Waals surface area contributed by atoms with Crippen molar-refractivity contribution < 1.29 is 9.78 Å². The first kappa shape index (κ1) is 9.69. The summed E-state index contributed by atoms with van der Waals surface area (Å²) in [6.45, 7) is 0.734. The van der Waals surface area contributed by atoms with Gasteiger partial charge in [0, 0.05) is 12.6 Å². The molecule has 0 amide bonds. The molecular formula is C10H8ClNO2S. The Bertz CT molecular complexity index is 405. The van der Waals surface area contributed by atoms with Crippen LogP contribution in [0.3, 0.4) is 0 Å². The number of hydrogen-bond acceptors (Lipinski definition) is 4. The molecule has 78 valence electrons. The van der Waals surface area contributed by atoms with Gasteiger partial charge in [-0.2, -0.15) is 14.1 Å². The monoisotopic (exact) mass is 241 g/mol. The molecule has 1 aromatic carbocycles. The summed E-state index contributed by atoms with van der Waals surface area (Å²) < 4.78 is 2.65. The number of rotatable bonds is 2. The van der Waals surface area contributed by atoms with E-state index in [0.717, 1.165) is 6.54 Å². The summed E-state index contributed by atoms with van der Waals surface area (Å²) in [6.07, 6.45) is 1.77. The second-order valence-corrected chi connectivity index (χ2v) is 5.05. The highest BCUT2D eigenvalue weighted by Crippen LogP contribution is 2.50. The Morgan fingerprint density at radius 2 is 2.00 bits per heavy atom. The smallest absolute Gasteiger partial charge is 0.179 e. The average molecular weight is 242 g/mol. The predicted octanol–water partition coefficient (Wildman–Crippen LogP) is 2.85. The Morgan fingerprint density at radius 3 is 2.67 bits per heavy atom. The first-order valence-corrected chi connectivity index (χ1v) is 5.68. The number of halogens is 1. The molecule has 2 heterocycles. The maximum absolute atomic E-state index is 5.92. The molecule has 1 spiro atoms. The van der Waals surface area contributed by atoms with Crippen LogP contribution in [0.25, 0.3) is 0 Å². The lowest BCUT2D eigenvalue weighted by atomic mass is 10.2. The van der Waals surface area contributed by atoms with Gasteiger partial charge >= 0.3 is 5.91 Å². The second kappa shape index (κ2) is 3.50. The Hall–Kier alpha value is -0.520. The van der Waals surface area contributed by atoms with Gasteiger partial charge < -0.3 is 0 Å². The summed E-state index contributed by atoms with van der Waals surface area (Å²) in [4.78, 5) is 9.91. The first-order valence-electron chi connectivity index (χ1n) is 4.53. The summed E-state index contributed by atoms with van der Waals surface area (Å²) >= 11 is 7.36. The largest absolute Gasteiger partial charge is 0.321 e. The Balaban J connectivity index is 1.76. The summed E-state index contributed by atoms with van der Waals surface area (Å²) in [5.74, 6) is -0.711. The molecule has 1 aromatic rings. The average Bonchev–Trinajstić information content (AvgIpc) is 2.92. The third-order valence-electron chi connectivity index (χ3n) is 2.26. The van der Waals surface area contributed by atoms with Gasteiger partial charge in [0.25, 0.3) is 0 Å². The van der Waals surface area contributed by atoms with Crippen LogP contribution in [0, 0.1) is 0 Å². The zero-order valence-corrected chi connectivity index (χ0v) is 9.29. The minimum Gasteiger partial charge on any atom is -0.179 e. The lowest BCUT2D eigenvalue weighted by Gasteiger charge is -2.15. The van der Waals surface area contributed by atoms with Crippen LogP contribution in [0.5, 0.6) is 0 Å². The van der Waals surface area contributed by atoms with Gasteiger partial charge in [-0.3, -0.25) is 0 Å². The molecule has 1 fully saturated rings. The quantitative estimate of drug-likeness (QED) is 0.452. The molecule has 0 saturated carbocycles. The number of hydrogen-bond donors (Lipinski definition) is 0. The van der Waals surface area contributed by atoms with Crippen molar-refractivity contribution >= 4 is 23.5 Å². The molecule has 0 N–H and O–H groups in total. The van der Waals surface area contributed by atoms with E-state index in [1.54, 1.807) is 6.08 Å². The van der Waals surface area contributed by atoms with Gasteiger partial charge in [-0.15, -0.1) is 0 Å². The molecule has 2 aliphatic heterocycles. The fourth-order valence-electron chi connectivity index (χ4n) is 1.48. The van der Waals surface area contributed by atoms with Crippen LogP contribution in [0.4, 0.5) is 0 Å². The fourth-order valence-corrected chi connectivity index (χ4v) is 2.73. The van der Waals surface area contributed by atoms with Gasteiger partial charge in [-0.1, -0.05) is 41.9 Å². The molecule has 0 aromatic heterocycles. The van der Waals surface area contributed by atoms with E-state index in [2.05, 4.69) is 12.1 Å². The van der Waals surface area contributed by atoms with Crippen LogP contribution in [0.2, 0.25) is 0 Å². The molecular weight excluding hydrogens is 234 g/mol. The molecule has 0 radical (unpaired) electrons.